The van der Waals surface area contributed by atoms with Crippen molar-refractivity contribution in [2.45, 2.75) is 12.3 Å². The fourth-order valence-corrected chi connectivity index (χ4v) is 3.13. The number of morpholine rings is 1. The molecule has 26 heavy (non-hydrogen) atoms. The van der Waals surface area contributed by atoms with Gasteiger partial charge in [-0.15, -0.1) is 0 Å². The van der Waals surface area contributed by atoms with Gasteiger partial charge in [-0.05, 0) is 17.7 Å². The van der Waals surface area contributed by atoms with Crippen molar-refractivity contribution in [3.63, 3.8) is 0 Å². The van der Waals surface area contributed by atoms with Crippen LogP contribution >= 0.6 is 11.6 Å². The van der Waals surface area contributed by atoms with E-state index in [-0.39, 0.29) is 17.7 Å². The Balaban J connectivity index is 1.71. The molecular weight excluding hydrogens is 371 g/mol. The van der Waals surface area contributed by atoms with Crippen molar-refractivity contribution < 1.29 is 17.9 Å². The van der Waals surface area contributed by atoms with Gasteiger partial charge in [0.1, 0.15) is 18.2 Å². The molecule has 1 atom stereocenters. The van der Waals surface area contributed by atoms with Crippen LogP contribution in [0.1, 0.15) is 17.4 Å². The number of alkyl halides is 3. The second kappa shape index (κ2) is 6.40. The zero-order valence-corrected chi connectivity index (χ0v) is 14.1. The van der Waals surface area contributed by atoms with Gasteiger partial charge < -0.3 is 9.64 Å². The summed E-state index contributed by atoms with van der Waals surface area (Å²) in [4.78, 5) is 9.13. The molecule has 1 aromatic carbocycles. The lowest BCUT2D eigenvalue weighted by Crippen LogP contribution is -2.39. The maximum absolute atomic E-state index is 13.2. The predicted octanol–water partition coefficient (Wildman–Crippen LogP) is 3.37. The van der Waals surface area contributed by atoms with Gasteiger partial charge in [0.05, 0.1) is 6.61 Å². The highest BCUT2D eigenvalue weighted by atomic mass is 35.5. The van der Waals surface area contributed by atoms with E-state index in [1.165, 1.54) is 10.8 Å². The van der Waals surface area contributed by atoms with Crippen LogP contribution in [0.2, 0.25) is 5.02 Å². The second-order valence-corrected chi connectivity index (χ2v) is 6.27. The molecule has 3 aromatic rings. The molecule has 0 saturated carbocycles. The van der Waals surface area contributed by atoms with Crippen molar-refractivity contribution >= 4 is 23.2 Å². The summed E-state index contributed by atoms with van der Waals surface area (Å²) in [5.41, 5.74) is -0.138. The first-order valence-electron chi connectivity index (χ1n) is 7.82. The minimum Gasteiger partial charge on any atom is -0.370 e. The summed E-state index contributed by atoms with van der Waals surface area (Å²) < 4.78 is 46.6. The summed E-state index contributed by atoms with van der Waals surface area (Å²) >= 11 is 6.03. The van der Waals surface area contributed by atoms with E-state index in [4.69, 9.17) is 16.3 Å². The molecule has 3 heterocycles. The summed E-state index contributed by atoms with van der Waals surface area (Å²) in [5, 5.41) is 4.58. The number of rotatable bonds is 2. The number of nitrogens with zero attached hydrogens (tertiary/aromatic N) is 5. The van der Waals surface area contributed by atoms with Crippen molar-refractivity contribution in [3.8, 4) is 0 Å². The van der Waals surface area contributed by atoms with Crippen molar-refractivity contribution in [1.29, 1.82) is 0 Å². The van der Waals surface area contributed by atoms with Gasteiger partial charge in [0.25, 0.3) is 5.78 Å². The number of anilines is 1. The van der Waals surface area contributed by atoms with Crippen LogP contribution in [0.3, 0.4) is 0 Å². The Morgan fingerprint density at radius 3 is 2.85 bits per heavy atom. The van der Waals surface area contributed by atoms with Gasteiger partial charge >= 0.3 is 6.18 Å². The number of hydrogen-bond donors (Lipinski definition) is 0. The average Bonchev–Trinajstić information content (AvgIpc) is 3.09. The van der Waals surface area contributed by atoms with Crippen LogP contribution in [0, 0.1) is 0 Å². The van der Waals surface area contributed by atoms with E-state index >= 15 is 0 Å². The summed E-state index contributed by atoms with van der Waals surface area (Å²) in [7, 11) is 0. The maximum Gasteiger partial charge on any atom is 0.433 e. The molecule has 0 spiro atoms. The van der Waals surface area contributed by atoms with E-state index in [1.807, 2.05) is 12.1 Å². The van der Waals surface area contributed by atoms with E-state index in [9.17, 15) is 13.2 Å². The monoisotopic (exact) mass is 383 g/mol. The molecule has 6 nitrogen and oxygen atoms in total. The molecule has 1 fully saturated rings. The SMILES string of the molecule is FC(F)(F)c1cc(N2CCOC(c3cccc(Cl)c3)C2)n2ncnc2n1. The third-order valence-electron chi connectivity index (χ3n) is 4.13. The zero-order chi connectivity index (χ0) is 18.3. The highest BCUT2D eigenvalue weighted by Crippen LogP contribution is 2.32. The number of ether oxygens (including phenoxy) is 1. The van der Waals surface area contributed by atoms with Gasteiger partial charge in [0.15, 0.2) is 5.69 Å². The summed E-state index contributed by atoms with van der Waals surface area (Å²) in [5.74, 6) is 0.177. The Kier molecular flexibility index (Phi) is 4.20. The topological polar surface area (TPSA) is 55.6 Å². The van der Waals surface area contributed by atoms with Crippen LogP contribution in [0.25, 0.3) is 5.78 Å². The summed E-state index contributed by atoms with van der Waals surface area (Å²) in [6.07, 6.45) is -3.70. The minimum atomic E-state index is -4.57. The smallest absolute Gasteiger partial charge is 0.370 e. The van der Waals surface area contributed by atoms with Crippen LogP contribution in [0.15, 0.2) is 36.7 Å². The Labute approximate surface area is 151 Å². The third kappa shape index (κ3) is 3.19. The lowest BCUT2D eigenvalue weighted by Gasteiger charge is -2.34. The molecule has 2 aromatic heterocycles. The van der Waals surface area contributed by atoms with Gasteiger partial charge in [-0.25, -0.2) is 4.98 Å². The minimum absolute atomic E-state index is 0.0966. The van der Waals surface area contributed by atoms with E-state index in [2.05, 4.69) is 15.1 Å². The van der Waals surface area contributed by atoms with E-state index in [0.29, 0.717) is 24.7 Å². The third-order valence-corrected chi connectivity index (χ3v) is 4.37. The molecule has 0 radical (unpaired) electrons. The summed E-state index contributed by atoms with van der Waals surface area (Å²) in [6.45, 7) is 1.14. The van der Waals surface area contributed by atoms with Crippen LogP contribution < -0.4 is 4.90 Å². The Hall–Kier alpha value is -2.39. The molecule has 4 rings (SSSR count). The first kappa shape index (κ1) is 17.0. The Morgan fingerprint density at radius 2 is 2.08 bits per heavy atom. The van der Waals surface area contributed by atoms with E-state index in [0.717, 1.165) is 11.6 Å². The van der Waals surface area contributed by atoms with Crippen molar-refractivity contribution in [1.82, 2.24) is 19.6 Å². The average molecular weight is 384 g/mol. The number of aromatic nitrogens is 4. The number of hydrogen-bond acceptors (Lipinski definition) is 5. The van der Waals surface area contributed by atoms with Gasteiger partial charge in [0.2, 0.25) is 0 Å². The second-order valence-electron chi connectivity index (χ2n) is 5.83. The molecule has 1 aliphatic heterocycles. The van der Waals surface area contributed by atoms with E-state index in [1.54, 1.807) is 17.0 Å². The van der Waals surface area contributed by atoms with Crippen LogP contribution in [-0.2, 0) is 10.9 Å². The molecule has 1 aliphatic rings. The molecule has 1 saturated heterocycles. The standard InChI is InChI=1S/C16H13ClF3N5O/c17-11-3-1-2-10(6-11)12-8-24(4-5-26-12)14-7-13(16(18,19)20)23-15-21-9-22-25(14)15/h1-3,6-7,9,12H,4-5,8H2. The predicted molar refractivity (Wildman–Crippen MR) is 88.1 cm³/mol. The van der Waals surface area contributed by atoms with Crippen LogP contribution in [0.4, 0.5) is 19.0 Å². The summed E-state index contributed by atoms with van der Waals surface area (Å²) in [6, 6.07) is 8.21. The Morgan fingerprint density at radius 1 is 1.23 bits per heavy atom. The van der Waals surface area contributed by atoms with Crippen molar-refractivity contribution in [2.24, 2.45) is 0 Å². The van der Waals surface area contributed by atoms with Crippen molar-refractivity contribution in [3.05, 3.63) is 52.9 Å². The van der Waals surface area contributed by atoms with Gasteiger partial charge in [-0.1, -0.05) is 23.7 Å². The van der Waals surface area contributed by atoms with Gasteiger partial charge in [-0.2, -0.15) is 27.8 Å². The lowest BCUT2D eigenvalue weighted by atomic mass is 10.1. The largest absolute Gasteiger partial charge is 0.433 e. The van der Waals surface area contributed by atoms with Crippen LogP contribution in [-0.4, -0.2) is 39.3 Å². The normalized spacial score (nSPS) is 18.5. The maximum atomic E-state index is 13.2. The van der Waals surface area contributed by atoms with E-state index < -0.39 is 11.9 Å². The zero-order valence-electron chi connectivity index (χ0n) is 13.3. The molecule has 10 heteroatoms. The highest BCUT2D eigenvalue weighted by Gasteiger charge is 2.35. The Bertz CT molecular complexity index is 945. The molecule has 0 N–H and O–H groups in total. The fraction of sp³-hybridized carbons (Fsp3) is 0.312. The van der Waals surface area contributed by atoms with Crippen LogP contribution in [0.5, 0.6) is 0 Å². The lowest BCUT2D eigenvalue weighted by molar-refractivity contribution is -0.141. The highest BCUT2D eigenvalue weighted by molar-refractivity contribution is 6.30. The fourth-order valence-electron chi connectivity index (χ4n) is 2.93. The van der Waals surface area contributed by atoms with Crippen molar-refractivity contribution in [2.75, 3.05) is 24.6 Å². The molecule has 0 amide bonds. The number of halogens is 4. The quantitative estimate of drug-likeness (QED) is 0.679. The molecule has 1 unspecified atom stereocenters. The molecule has 0 bridgehead atoms. The molecular formula is C16H13ClF3N5O. The molecule has 0 aliphatic carbocycles. The van der Waals surface area contributed by atoms with Gasteiger partial charge in [-0.3, -0.25) is 0 Å². The molecule has 136 valence electrons. The number of benzene rings is 1. The first-order chi connectivity index (χ1) is 12.4. The van der Waals surface area contributed by atoms with Gasteiger partial charge in [0, 0.05) is 24.2 Å². The number of fused-ring (bicyclic) bond motifs is 1. The first-order valence-corrected chi connectivity index (χ1v) is 8.19.